The van der Waals surface area contributed by atoms with Gasteiger partial charge in [-0.25, -0.2) is 4.57 Å². The summed E-state index contributed by atoms with van der Waals surface area (Å²) in [6.45, 7) is 0. The number of phosphoric acid groups is 1. The maximum Gasteiger partial charge on any atom is 0.471 e. The van der Waals surface area contributed by atoms with Gasteiger partial charge in [0.2, 0.25) is 0 Å². The van der Waals surface area contributed by atoms with Crippen molar-refractivity contribution >= 4 is 13.5 Å². The quantitative estimate of drug-likeness (QED) is 0.602. The van der Waals surface area contributed by atoms with E-state index in [1.54, 1.807) is 0 Å². The second-order valence-corrected chi connectivity index (χ2v) is 5.32. The maximum atomic E-state index is 10.8. The van der Waals surface area contributed by atoms with E-state index in [0.29, 0.717) is 0 Å². The Morgan fingerprint density at radius 2 is 2.12 bits per heavy atom. The summed E-state index contributed by atoms with van der Waals surface area (Å²) in [6, 6.07) is 8.03. The van der Waals surface area contributed by atoms with Crippen molar-refractivity contribution in [3.8, 4) is 0 Å². The molecule has 86 valence electrons. The first-order valence-corrected chi connectivity index (χ1v) is 6.69. The van der Waals surface area contributed by atoms with E-state index < -0.39 is 14.1 Å². The van der Waals surface area contributed by atoms with Crippen molar-refractivity contribution in [2.45, 2.75) is 25.1 Å². The molecule has 0 aromatic heterocycles. The van der Waals surface area contributed by atoms with Gasteiger partial charge in [-0.15, -0.1) is 0 Å². The minimum atomic E-state index is -4.39. The Morgan fingerprint density at radius 3 is 2.88 bits per heavy atom. The van der Waals surface area contributed by atoms with Crippen LogP contribution in [-0.2, 0) is 15.5 Å². The Morgan fingerprint density at radius 1 is 1.38 bits per heavy atom. The van der Waals surface area contributed by atoms with Crippen LogP contribution in [0.3, 0.4) is 0 Å². The van der Waals surface area contributed by atoms with Crippen molar-refractivity contribution in [1.82, 2.24) is 0 Å². The Labute approximate surface area is 92.9 Å². The molecule has 2 heterocycles. The number of rotatable bonds is 2. The highest BCUT2D eigenvalue weighted by molar-refractivity contribution is 7.46. The van der Waals surface area contributed by atoms with E-state index in [0.717, 1.165) is 18.5 Å². The highest BCUT2D eigenvalue weighted by Crippen LogP contribution is 2.51. The largest absolute Gasteiger partial charge is 0.471 e. The lowest BCUT2D eigenvalue weighted by atomic mass is 10.0. The lowest BCUT2D eigenvalue weighted by Gasteiger charge is -2.16. The van der Waals surface area contributed by atoms with Gasteiger partial charge in [-0.2, -0.15) is 0 Å². The summed E-state index contributed by atoms with van der Waals surface area (Å²) in [4.78, 5) is 19.5. The Hall–Kier alpha value is -0.870. The normalized spacial score (nSPS) is 27.2. The first-order valence-electron chi connectivity index (χ1n) is 5.16. The van der Waals surface area contributed by atoms with Crippen LogP contribution in [0.4, 0.5) is 5.69 Å². The zero-order valence-electron chi connectivity index (χ0n) is 8.48. The smallest absolute Gasteiger partial charge is 0.336 e. The van der Waals surface area contributed by atoms with Gasteiger partial charge in [-0.1, -0.05) is 18.2 Å². The van der Waals surface area contributed by atoms with Crippen molar-refractivity contribution in [1.29, 1.82) is 0 Å². The average Bonchev–Trinajstić information content (AvgIpc) is 2.90. The lowest BCUT2D eigenvalue weighted by Crippen LogP contribution is -2.09. The number of phosphoric ester groups is 1. The molecule has 16 heavy (non-hydrogen) atoms. The van der Waals surface area contributed by atoms with Crippen molar-refractivity contribution in [2.75, 3.05) is 4.90 Å². The Kier molecular flexibility index (Phi) is 2.13. The molecule has 2 aliphatic rings. The molecule has 6 heteroatoms. The molecule has 5 nitrogen and oxygen atoms in total. The number of benzene rings is 1. The van der Waals surface area contributed by atoms with Crippen LogP contribution in [0.1, 0.15) is 12.0 Å². The Bertz CT molecular complexity index is 472. The van der Waals surface area contributed by atoms with Crippen LogP contribution in [0.5, 0.6) is 0 Å². The predicted octanol–water partition coefficient (Wildman–Crippen LogP) is 1.26. The molecule has 2 N–H and O–H groups in total. The maximum absolute atomic E-state index is 10.8. The fourth-order valence-corrected chi connectivity index (χ4v) is 2.92. The molecule has 0 bridgehead atoms. The summed E-state index contributed by atoms with van der Waals surface area (Å²) < 4.78 is 15.5. The van der Waals surface area contributed by atoms with E-state index in [2.05, 4.69) is 0 Å². The first kappa shape index (κ1) is 10.3. The monoisotopic (exact) mass is 241 g/mol. The molecule has 2 aliphatic heterocycles. The molecule has 3 rings (SSSR count). The fourth-order valence-electron chi connectivity index (χ4n) is 2.39. The Balaban J connectivity index is 1.85. The minimum absolute atomic E-state index is 0.127. The van der Waals surface area contributed by atoms with Crippen molar-refractivity contribution in [2.24, 2.45) is 0 Å². The van der Waals surface area contributed by atoms with Gasteiger partial charge in [0, 0.05) is 5.69 Å². The molecule has 1 saturated heterocycles. The molecular weight excluding hydrogens is 229 g/mol. The molecular formula is C10H12NO4P. The molecule has 0 aliphatic carbocycles. The van der Waals surface area contributed by atoms with Gasteiger partial charge in [-0.05, 0) is 24.5 Å². The lowest BCUT2D eigenvalue weighted by molar-refractivity contribution is 0.185. The average molecular weight is 241 g/mol. The summed E-state index contributed by atoms with van der Waals surface area (Å²) in [6.07, 6.45) is 1.38. The van der Waals surface area contributed by atoms with Gasteiger partial charge in [0.25, 0.3) is 0 Å². The fraction of sp³-hybridized carbons (Fsp3) is 0.400. The number of hydrogen-bond donors (Lipinski definition) is 2. The molecule has 2 atom stereocenters. The van der Waals surface area contributed by atoms with Gasteiger partial charge >= 0.3 is 7.82 Å². The van der Waals surface area contributed by atoms with E-state index in [-0.39, 0.29) is 6.04 Å². The van der Waals surface area contributed by atoms with Crippen LogP contribution in [-0.4, -0.2) is 22.1 Å². The molecule has 1 fully saturated rings. The van der Waals surface area contributed by atoms with Crippen LogP contribution in [0.25, 0.3) is 0 Å². The van der Waals surface area contributed by atoms with Gasteiger partial charge in [-0.3, -0.25) is 4.52 Å². The molecule has 0 radical (unpaired) electrons. The second-order valence-electron chi connectivity index (χ2n) is 4.13. The standard InChI is InChI=1S/C10H12NO4P/c12-16(13,14)15-10-9-6-5-7-3-1-2-4-8(7)11(9)10/h1-4,9-10H,5-6H2,(H2,12,13,14). The van der Waals surface area contributed by atoms with Crippen molar-refractivity contribution < 1.29 is 18.9 Å². The summed E-state index contributed by atoms with van der Waals surface area (Å²) in [5, 5.41) is 0. The second kappa shape index (κ2) is 3.31. The van der Waals surface area contributed by atoms with Crippen LogP contribution in [0.15, 0.2) is 24.3 Å². The zero-order chi connectivity index (χ0) is 11.3. The zero-order valence-corrected chi connectivity index (χ0v) is 9.38. The molecule has 0 amide bonds. The number of hydrogen-bond acceptors (Lipinski definition) is 3. The predicted molar refractivity (Wildman–Crippen MR) is 57.9 cm³/mol. The number of aryl methyl sites for hydroxylation is 1. The number of fused-ring (bicyclic) bond motifs is 3. The highest BCUT2D eigenvalue weighted by atomic mass is 31.2. The third-order valence-corrected chi connectivity index (χ3v) is 3.59. The van der Waals surface area contributed by atoms with E-state index in [1.807, 2.05) is 29.2 Å². The number of nitrogens with zero attached hydrogens (tertiary/aromatic N) is 1. The highest BCUT2D eigenvalue weighted by Gasteiger charge is 2.53. The molecule has 0 saturated carbocycles. The topological polar surface area (TPSA) is 69.8 Å². The molecule has 2 unspecified atom stereocenters. The number of para-hydroxylation sites is 1. The molecule has 1 aromatic carbocycles. The third-order valence-electron chi connectivity index (χ3n) is 3.10. The molecule has 1 aromatic rings. The SMILES string of the molecule is O=P(O)(O)OC1C2CCc3ccccc3N21. The minimum Gasteiger partial charge on any atom is -0.336 e. The molecule has 0 spiro atoms. The van der Waals surface area contributed by atoms with E-state index in [9.17, 15) is 4.57 Å². The van der Waals surface area contributed by atoms with Crippen molar-refractivity contribution in [3.05, 3.63) is 29.8 Å². The summed E-state index contributed by atoms with van der Waals surface area (Å²) in [5.41, 5.74) is 2.26. The van der Waals surface area contributed by atoms with Crippen LogP contribution >= 0.6 is 7.82 Å². The van der Waals surface area contributed by atoms with Gasteiger partial charge in [0.15, 0.2) is 6.23 Å². The van der Waals surface area contributed by atoms with Gasteiger partial charge < -0.3 is 14.7 Å². The van der Waals surface area contributed by atoms with E-state index in [4.69, 9.17) is 14.3 Å². The van der Waals surface area contributed by atoms with Gasteiger partial charge in [0.05, 0.1) is 6.04 Å². The van der Waals surface area contributed by atoms with E-state index >= 15 is 0 Å². The van der Waals surface area contributed by atoms with E-state index in [1.165, 1.54) is 5.56 Å². The van der Waals surface area contributed by atoms with Gasteiger partial charge in [0.1, 0.15) is 0 Å². The van der Waals surface area contributed by atoms with Crippen LogP contribution < -0.4 is 4.90 Å². The van der Waals surface area contributed by atoms with Crippen LogP contribution in [0, 0.1) is 0 Å². The van der Waals surface area contributed by atoms with Crippen LogP contribution in [0.2, 0.25) is 0 Å². The summed E-state index contributed by atoms with van der Waals surface area (Å²) in [7, 11) is -4.39. The first-order chi connectivity index (χ1) is 7.56. The summed E-state index contributed by atoms with van der Waals surface area (Å²) in [5.74, 6) is 0. The van der Waals surface area contributed by atoms with Crippen molar-refractivity contribution in [3.63, 3.8) is 0 Å². The number of anilines is 1. The third kappa shape index (κ3) is 1.66. The summed E-state index contributed by atoms with van der Waals surface area (Å²) >= 11 is 0.